The lowest BCUT2D eigenvalue weighted by Crippen LogP contribution is -2.22. The minimum atomic E-state index is -0.496. The number of carbonyl (C=O) groups is 1. The first-order valence-corrected chi connectivity index (χ1v) is 4.60. The van der Waals surface area contributed by atoms with Crippen LogP contribution in [0.5, 0.6) is 5.75 Å². The number of nitrogen functional groups attached to an aromatic ring is 1. The molecule has 1 aromatic rings. The standard InChI is InChI=1S/C10H11FN2O2/c1-5-4-15-9-7(12)2-6(11)3-8(9)13-10(5)14/h2-3,5H,4,12H2,1H3,(H,13,14). The monoisotopic (exact) mass is 210 g/mol. The summed E-state index contributed by atoms with van der Waals surface area (Å²) in [6.45, 7) is 1.97. The van der Waals surface area contributed by atoms with Crippen molar-refractivity contribution in [2.75, 3.05) is 17.7 Å². The normalized spacial score (nSPS) is 19.9. The van der Waals surface area contributed by atoms with Crippen LogP contribution in [0.25, 0.3) is 0 Å². The smallest absolute Gasteiger partial charge is 0.230 e. The molecular weight excluding hydrogens is 199 g/mol. The van der Waals surface area contributed by atoms with Crippen LogP contribution in [0.15, 0.2) is 12.1 Å². The highest BCUT2D eigenvalue weighted by Gasteiger charge is 2.22. The van der Waals surface area contributed by atoms with Crippen LogP contribution in [0.2, 0.25) is 0 Å². The van der Waals surface area contributed by atoms with Gasteiger partial charge in [0, 0.05) is 12.1 Å². The zero-order valence-electron chi connectivity index (χ0n) is 8.21. The summed E-state index contributed by atoms with van der Waals surface area (Å²) in [7, 11) is 0. The van der Waals surface area contributed by atoms with Crippen molar-refractivity contribution in [3.63, 3.8) is 0 Å². The summed E-state index contributed by atoms with van der Waals surface area (Å²) < 4.78 is 18.4. The molecule has 1 aliphatic heterocycles. The highest BCUT2D eigenvalue weighted by molar-refractivity contribution is 5.95. The van der Waals surface area contributed by atoms with Crippen molar-refractivity contribution in [2.45, 2.75) is 6.92 Å². The van der Waals surface area contributed by atoms with E-state index in [-0.39, 0.29) is 24.1 Å². The van der Waals surface area contributed by atoms with Crippen LogP contribution in [0.4, 0.5) is 15.8 Å². The third kappa shape index (κ3) is 1.72. The van der Waals surface area contributed by atoms with Gasteiger partial charge in [-0.2, -0.15) is 0 Å². The summed E-state index contributed by atoms with van der Waals surface area (Å²) in [6, 6.07) is 2.36. The summed E-state index contributed by atoms with van der Waals surface area (Å²) in [5.74, 6) is -0.627. The number of nitrogens with one attached hydrogen (secondary N) is 1. The van der Waals surface area contributed by atoms with E-state index in [9.17, 15) is 9.18 Å². The molecule has 15 heavy (non-hydrogen) atoms. The minimum Gasteiger partial charge on any atom is -0.488 e. The van der Waals surface area contributed by atoms with Crippen LogP contribution in [-0.4, -0.2) is 12.5 Å². The number of ether oxygens (including phenoxy) is 1. The van der Waals surface area contributed by atoms with Gasteiger partial charge in [-0.25, -0.2) is 4.39 Å². The molecule has 1 unspecified atom stereocenters. The average Bonchev–Trinajstić information content (AvgIpc) is 2.27. The van der Waals surface area contributed by atoms with E-state index in [4.69, 9.17) is 10.5 Å². The van der Waals surface area contributed by atoms with E-state index in [1.165, 1.54) is 12.1 Å². The molecule has 0 radical (unpaired) electrons. The van der Waals surface area contributed by atoms with Crippen LogP contribution in [-0.2, 0) is 4.79 Å². The molecule has 1 heterocycles. The molecular formula is C10H11FN2O2. The van der Waals surface area contributed by atoms with Crippen LogP contribution >= 0.6 is 0 Å². The molecule has 0 aliphatic carbocycles. The lowest BCUT2D eigenvalue weighted by molar-refractivity contribution is -0.119. The number of rotatable bonds is 0. The molecule has 0 saturated carbocycles. The molecule has 3 N–H and O–H groups in total. The molecule has 0 bridgehead atoms. The minimum absolute atomic E-state index is 0.194. The van der Waals surface area contributed by atoms with Crippen LogP contribution in [0.3, 0.4) is 0 Å². The van der Waals surface area contributed by atoms with Crippen molar-refractivity contribution in [3.05, 3.63) is 17.9 Å². The molecule has 2 rings (SSSR count). The molecule has 5 heteroatoms. The Morgan fingerprint density at radius 2 is 2.33 bits per heavy atom. The lowest BCUT2D eigenvalue weighted by Gasteiger charge is -2.09. The van der Waals surface area contributed by atoms with Crippen molar-refractivity contribution in [2.24, 2.45) is 5.92 Å². The summed E-state index contributed by atoms with van der Waals surface area (Å²) in [4.78, 5) is 11.4. The van der Waals surface area contributed by atoms with Crippen molar-refractivity contribution in [1.29, 1.82) is 0 Å². The second-order valence-electron chi connectivity index (χ2n) is 3.57. The maximum absolute atomic E-state index is 13.0. The van der Waals surface area contributed by atoms with E-state index >= 15 is 0 Å². The number of carbonyl (C=O) groups excluding carboxylic acids is 1. The van der Waals surface area contributed by atoms with E-state index in [1.807, 2.05) is 0 Å². The Labute approximate surface area is 86.2 Å². The number of hydrogen-bond donors (Lipinski definition) is 2. The third-order valence-corrected chi connectivity index (χ3v) is 2.27. The third-order valence-electron chi connectivity index (χ3n) is 2.27. The lowest BCUT2D eigenvalue weighted by atomic mass is 10.2. The van der Waals surface area contributed by atoms with Gasteiger partial charge in [-0.1, -0.05) is 6.92 Å². The second kappa shape index (κ2) is 3.42. The fourth-order valence-corrected chi connectivity index (χ4v) is 1.41. The fraction of sp³-hybridized carbons (Fsp3) is 0.300. The van der Waals surface area contributed by atoms with Crippen molar-refractivity contribution in [1.82, 2.24) is 0 Å². The maximum Gasteiger partial charge on any atom is 0.230 e. The summed E-state index contributed by atoms with van der Waals surface area (Å²) >= 11 is 0. The number of benzene rings is 1. The van der Waals surface area contributed by atoms with E-state index in [0.717, 1.165) is 0 Å². The molecule has 1 aromatic carbocycles. The number of hydrogen-bond acceptors (Lipinski definition) is 3. The van der Waals surface area contributed by atoms with Gasteiger partial charge in [0.1, 0.15) is 5.82 Å². The van der Waals surface area contributed by atoms with Gasteiger partial charge in [0.05, 0.1) is 23.9 Å². The van der Waals surface area contributed by atoms with Gasteiger partial charge >= 0.3 is 0 Å². The average molecular weight is 210 g/mol. The molecule has 1 aliphatic rings. The largest absolute Gasteiger partial charge is 0.488 e. The van der Waals surface area contributed by atoms with Gasteiger partial charge in [0.15, 0.2) is 5.75 Å². The SMILES string of the molecule is CC1COc2c(N)cc(F)cc2NC1=O. The van der Waals surface area contributed by atoms with Crippen LogP contribution < -0.4 is 15.8 Å². The maximum atomic E-state index is 13.0. The molecule has 0 saturated heterocycles. The Hall–Kier alpha value is -1.78. The number of anilines is 2. The topological polar surface area (TPSA) is 64.3 Å². The highest BCUT2D eigenvalue weighted by atomic mass is 19.1. The highest BCUT2D eigenvalue weighted by Crippen LogP contribution is 2.34. The Morgan fingerprint density at radius 1 is 1.60 bits per heavy atom. The Kier molecular flexibility index (Phi) is 2.22. The van der Waals surface area contributed by atoms with E-state index in [0.29, 0.717) is 11.4 Å². The molecule has 4 nitrogen and oxygen atoms in total. The molecule has 1 amide bonds. The summed E-state index contributed by atoms with van der Waals surface area (Å²) in [5, 5.41) is 2.57. The predicted molar refractivity (Wildman–Crippen MR) is 54.1 cm³/mol. The number of amides is 1. The first-order valence-electron chi connectivity index (χ1n) is 4.60. The van der Waals surface area contributed by atoms with Crippen LogP contribution in [0, 0.1) is 11.7 Å². The van der Waals surface area contributed by atoms with Crippen LogP contribution in [0.1, 0.15) is 6.92 Å². The van der Waals surface area contributed by atoms with Gasteiger partial charge in [-0.3, -0.25) is 4.79 Å². The summed E-state index contributed by atoms with van der Waals surface area (Å²) in [6.07, 6.45) is 0. The quantitative estimate of drug-likeness (QED) is 0.636. The zero-order chi connectivity index (χ0) is 11.0. The van der Waals surface area contributed by atoms with E-state index < -0.39 is 5.82 Å². The Bertz CT molecular complexity index is 420. The molecule has 0 aromatic heterocycles. The number of nitrogens with two attached hydrogens (primary N) is 1. The summed E-state index contributed by atoms with van der Waals surface area (Å²) in [5.41, 5.74) is 6.07. The first-order chi connectivity index (χ1) is 7.08. The molecule has 0 fully saturated rings. The molecule has 80 valence electrons. The van der Waals surface area contributed by atoms with Crippen molar-refractivity contribution < 1.29 is 13.9 Å². The van der Waals surface area contributed by atoms with Crippen molar-refractivity contribution in [3.8, 4) is 5.75 Å². The van der Waals surface area contributed by atoms with Gasteiger partial charge in [-0.05, 0) is 0 Å². The van der Waals surface area contributed by atoms with E-state index in [1.54, 1.807) is 6.92 Å². The van der Waals surface area contributed by atoms with Crippen molar-refractivity contribution >= 4 is 17.3 Å². The first kappa shape index (κ1) is 9.76. The predicted octanol–water partition coefficient (Wildman–Crippen LogP) is 1.37. The molecule has 0 spiro atoms. The van der Waals surface area contributed by atoms with Gasteiger partial charge in [0.25, 0.3) is 0 Å². The van der Waals surface area contributed by atoms with Gasteiger partial charge in [-0.15, -0.1) is 0 Å². The second-order valence-corrected chi connectivity index (χ2v) is 3.57. The van der Waals surface area contributed by atoms with Gasteiger partial charge in [0.2, 0.25) is 5.91 Å². The van der Waals surface area contributed by atoms with Gasteiger partial charge < -0.3 is 15.8 Å². The zero-order valence-corrected chi connectivity index (χ0v) is 8.21. The Balaban J connectivity index is 2.47. The number of fused-ring (bicyclic) bond motifs is 1. The number of halogens is 1. The fourth-order valence-electron chi connectivity index (χ4n) is 1.41. The van der Waals surface area contributed by atoms with E-state index in [2.05, 4.69) is 5.32 Å². The molecule has 1 atom stereocenters. The Morgan fingerprint density at radius 3 is 3.07 bits per heavy atom.